The van der Waals surface area contributed by atoms with Crippen LogP contribution in [0, 0.1) is 0 Å². The second-order valence-corrected chi connectivity index (χ2v) is 14.9. The van der Waals surface area contributed by atoms with Crippen LogP contribution in [0.3, 0.4) is 0 Å². The molecular formula is C37H32Cl6N6O3. The summed E-state index contributed by atoms with van der Waals surface area (Å²) in [7, 11) is 0. The second kappa shape index (κ2) is 17.1. The minimum atomic E-state index is -1.04. The van der Waals surface area contributed by atoms with Crippen LogP contribution in [-0.4, -0.2) is 46.5 Å². The Bertz CT molecular complexity index is 2000. The van der Waals surface area contributed by atoms with Gasteiger partial charge in [0.25, 0.3) is 5.91 Å². The van der Waals surface area contributed by atoms with Crippen molar-refractivity contribution in [3.05, 3.63) is 126 Å². The summed E-state index contributed by atoms with van der Waals surface area (Å²) < 4.78 is 0. The van der Waals surface area contributed by atoms with Crippen molar-refractivity contribution >= 4 is 104 Å². The zero-order valence-corrected chi connectivity index (χ0v) is 32.0. The number of benzene rings is 4. The first-order valence-corrected chi connectivity index (χ1v) is 18.7. The molecule has 1 unspecified atom stereocenters. The largest absolute Gasteiger partial charge is 0.477 e. The van der Waals surface area contributed by atoms with Gasteiger partial charge in [-0.05, 0) is 84.6 Å². The van der Waals surface area contributed by atoms with Gasteiger partial charge in [0.1, 0.15) is 11.4 Å². The molecule has 15 heteroatoms. The van der Waals surface area contributed by atoms with E-state index in [-0.39, 0.29) is 30.1 Å². The molecule has 3 heterocycles. The Morgan fingerprint density at radius 3 is 1.46 bits per heavy atom. The summed E-state index contributed by atoms with van der Waals surface area (Å²) in [6, 6.07) is 24.7. The highest BCUT2D eigenvalue weighted by Gasteiger charge is 2.35. The van der Waals surface area contributed by atoms with Crippen LogP contribution in [-0.2, 0) is 9.59 Å². The van der Waals surface area contributed by atoms with E-state index in [1.54, 1.807) is 52.5 Å². The van der Waals surface area contributed by atoms with Crippen LogP contribution >= 0.6 is 69.6 Å². The molecule has 7 rings (SSSR count). The summed E-state index contributed by atoms with van der Waals surface area (Å²) in [6.07, 6.45) is 4.13. The average molecular weight is 821 g/mol. The number of hydrogen-bond donors (Lipinski definition) is 2. The molecule has 4 aromatic carbocycles. The number of piperidine rings is 1. The minimum Gasteiger partial charge on any atom is -0.477 e. The van der Waals surface area contributed by atoms with Gasteiger partial charge in [0.05, 0.1) is 33.5 Å². The fraction of sp³-hybridized carbons (Fsp3) is 0.243. The second-order valence-electron chi connectivity index (χ2n) is 12.3. The molecule has 2 atom stereocenters. The molecule has 0 aliphatic carbocycles. The van der Waals surface area contributed by atoms with E-state index < -0.39 is 5.97 Å². The SMILES string of the molecule is O=C(NN1CCCCC1)C1=NN(c2ccc(Cl)cc2Cl)C(c2ccc(Cl)cc2)C1.O=C(O)C1=NN(c2ccc(Cl)cc2Cl)[C@@H](c2ccc(Cl)cc2)C1. The highest BCUT2D eigenvalue weighted by Crippen LogP contribution is 2.41. The number of aliphatic carboxylic acids is 1. The summed E-state index contributed by atoms with van der Waals surface area (Å²) in [5, 5.41) is 26.7. The monoisotopic (exact) mass is 818 g/mol. The third-order valence-electron chi connectivity index (χ3n) is 8.77. The first-order chi connectivity index (χ1) is 25.0. The molecule has 0 saturated carbocycles. The van der Waals surface area contributed by atoms with Gasteiger partial charge < -0.3 is 5.11 Å². The number of carboxylic acids is 1. The third-order valence-corrected chi connectivity index (χ3v) is 10.3. The van der Waals surface area contributed by atoms with Crippen LogP contribution in [0.4, 0.5) is 11.4 Å². The quantitative estimate of drug-likeness (QED) is 0.193. The lowest BCUT2D eigenvalue weighted by Crippen LogP contribution is -2.47. The van der Waals surface area contributed by atoms with Gasteiger partial charge in [0.15, 0.2) is 0 Å². The van der Waals surface area contributed by atoms with Gasteiger partial charge in [0.2, 0.25) is 0 Å². The number of carboxylic acid groups (broad SMARTS) is 1. The standard InChI is InChI=1S/C21H21Cl3N4O.C16H11Cl3N2O2/c22-15-6-4-14(5-7-15)20-13-18(21(29)26-27-10-2-1-3-11-27)25-28(20)19-9-8-16(23)12-17(19)24;17-10-3-1-9(2-4-10)15-8-13(16(22)23)20-21(15)14-6-5-11(18)7-12(14)19/h4-9,12,20H,1-3,10-11,13H2,(H,26,29);1-7,15H,8H2,(H,22,23)/t;15-/m.1/s1. The normalized spacial score (nSPS) is 18.7. The molecule has 3 aliphatic rings. The molecule has 270 valence electrons. The van der Waals surface area contributed by atoms with E-state index in [2.05, 4.69) is 15.6 Å². The number of nitrogens with zero attached hydrogens (tertiary/aromatic N) is 5. The number of amides is 1. The minimum absolute atomic E-state index is 0.0796. The van der Waals surface area contributed by atoms with E-state index in [1.165, 1.54) is 6.42 Å². The summed E-state index contributed by atoms with van der Waals surface area (Å²) in [5.41, 5.74) is 6.77. The summed E-state index contributed by atoms with van der Waals surface area (Å²) in [5.74, 6) is -1.21. The maximum absolute atomic E-state index is 12.9. The molecule has 52 heavy (non-hydrogen) atoms. The van der Waals surface area contributed by atoms with Gasteiger partial charge in [-0.1, -0.05) is 100 Å². The summed E-state index contributed by atoms with van der Waals surface area (Å²) in [4.78, 5) is 24.2. The van der Waals surface area contributed by atoms with Gasteiger partial charge in [-0.3, -0.25) is 20.2 Å². The lowest BCUT2D eigenvalue weighted by molar-refractivity contribution is -0.129. The van der Waals surface area contributed by atoms with Crippen molar-refractivity contribution in [3.8, 4) is 0 Å². The summed E-state index contributed by atoms with van der Waals surface area (Å²) in [6.45, 7) is 1.73. The Hall–Kier alpha value is -3.54. The Morgan fingerprint density at radius 2 is 1.02 bits per heavy atom. The number of hydrazone groups is 2. The van der Waals surface area contributed by atoms with Crippen LogP contribution in [0.25, 0.3) is 0 Å². The van der Waals surface area contributed by atoms with Crippen LogP contribution in [0.1, 0.15) is 55.3 Å². The Kier molecular flexibility index (Phi) is 12.5. The van der Waals surface area contributed by atoms with Gasteiger partial charge >= 0.3 is 5.97 Å². The van der Waals surface area contributed by atoms with Crippen molar-refractivity contribution in [1.29, 1.82) is 0 Å². The smallest absolute Gasteiger partial charge is 0.352 e. The Morgan fingerprint density at radius 1 is 0.596 bits per heavy atom. The lowest BCUT2D eigenvalue weighted by atomic mass is 10.0. The lowest BCUT2D eigenvalue weighted by Gasteiger charge is -2.26. The number of hydrogen-bond acceptors (Lipinski definition) is 7. The topological polar surface area (TPSA) is 101 Å². The molecule has 0 bridgehead atoms. The first kappa shape index (κ1) is 38.2. The Labute approximate surface area is 331 Å². The predicted molar refractivity (Wildman–Crippen MR) is 212 cm³/mol. The van der Waals surface area contributed by atoms with Crippen molar-refractivity contribution < 1.29 is 14.7 Å². The maximum atomic E-state index is 12.9. The molecular weight excluding hydrogens is 789 g/mol. The molecule has 0 aromatic heterocycles. The number of halogens is 6. The van der Waals surface area contributed by atoms with E-state index in [4.69, 9.17) is 69.6 Å². The number of rotatable bonds is 7. The van der Waals surface area contributed by atoms with E-state index >= 15 is 0 Å². The molecule has 1 amide bonds. The first-order valence-electron chi connectivity index (χ1n) is 16.4. The van der Waals surface area contributed by atoms with E-state index in [9.17, 15) is 14.7 Å². The van der Waals surface area contributed by atoms with Crippen molar-refractivity contribution in [3.63, 3.8) is 0 Å². The molecule has 9 nitrogen and oxygen atoms in total. The number of carbonyl (C=O) groups excluding carboxylic acids is 1. The zero-order chi connectivity index (χ0) is 36.9. The van der Waals surface area contributed by atoms with Crippen molar-refractivity contribution in [2.45, 2.75) is 44.2 Å². The number of anilines is 2. The molecule has 3 aliphatic heterocycles. The molecule has 1 fully saturated rings. The van der Waals surface area contributed by atoms with Crippen molar-refractivity contribution in [2.75, 3.05) is 23.1 Å². The van der Waals surface area contributed by atoms with Gasteiger partial charge in [0, 0.05) is 46.0 Å². The maximum Gasteiger partial charge on any atom is 0.352 e. The predicted octanol–water partition coefficient (Wildman–Crippen LogP) is 10.5. The van der Waals surface area contributed by atoms with Gasteiger partial charge in [-0.25, -0.2) is 9.80 Å². The fourth-order valence-electron chi connectivity index (χ4n) is 6.17. The summed E-state index contributed by atoms with van der Waals surface area (Å²) >= 11 is 36.7. The highest BCUT2D eigenvalue weighted by atomic mass is 35.5. The third kappa shape index (κ3) is 9.15. The van der Waals surface area contributed by atoms with E-state index in [1.807, 2.05) is 47.5 Å². The zero-order valence-electron chi connectivity index (χ0n) is 27.5. The molecule has 0 spiro atoms. The number of nitrogens with one attached hydrogen (secondary N) is 1. The van der Waals surface area contributed by atoms with Gasteiger partial charge in [-0.2, -0.15) is 10.2 Å². The average Bonchev–Trinajstić information content (AvgIpc) is 3.76. The molecule has 4 aromatic rings. The van der Waals surface area contributed by atoms with E-state index in [0.29, 0.717) is 53.6 Å². The van der Waals surface area contributed by atoms with Crippen LogP contribution in [0.5, 0.6) is 0 Å². The van der Waals surface area contributed by atoms with Crippen LogP contribution < -0.4 is 15.4 Å². The van der Waals surface area contributed by atoms with Crippen molar-refractivity contribution in [2.24, 2.45) is 10.2 Å². The number of carbonyl (C=O) groups is 2. The number of hydrazine groups is 1. The molecule has 1 saturated heterocycles. The van der Waals surface area contributed by atoms with Crippen LogP contribution in [0.15, 0.2) is 95.1 Å². The van der Waals surface area contributed by atoms with Crippen LogP contribution in [0.2, 0.25) is 30.1 Å². The Balaban J connectivity index is 0.000000183. The highest BCUT2D eigenvalue weighted by molar-refractivity contribution is 6.40. The van der Waals surface area contributed by atoms with E-state index in [0.717, 1.165) is 37.1 Å². The fourth-order valence-corrected chi connectivity index (χ4v) is 7.41. The molecule has 2 N–H and O–H groups in total. The van der Waals surface area contributed by atoms with Crippen molar-refractivity contribution in [1.82, 2.24) is 10.4 Å². The molecule has 0 radical (unpaired) electrons. The van der Waals surface area contributed by atoms with Gasteiger partial charge in [-0.15, -0.1) is 0 Å².